The summed E-state index contributed by atoms with van der Waals surface area (Å²) in [4.78, 5) is 12.0. The van der Waals surface area contributed by atoms with Crippen molar-refractivity contribution >= 4 is 11.9 Å². The molecule has 0 spiro atoms. The fourth-order valence-electron chi connectivity index (χ4n) is 2.12. The Morgan fingerprint density at radius 2 is 1.68 bits per heavy atom. The van der Waals surface area contributed by atoms with Crippen LogP contribution in [-0.4, -0.2) is 26.6 Å². The van der Waals surface area contributed by atoms with Crippen molar-refractivity contribution in [2.45, 2.75) is 6.61 Å². The number of methoxy groups -OCH3 is 2. The molecular formula is C18H15F3O4. The van der Waals surface area contributed by atoms with Gasteiger partial charge in [-0.1, -0.05) is 18.2 Å². The molecule has 2 aromatic rings. The van der Waals surface area contributed by atoms with Crippen molar-refractivity contribution in [3.63, 3.8) is 0 Å². The van der Waals surface area contributed by atoms with Crippen molar-refractivity contribution in [3.8, 4) is 17.2 Å². The zero-order valence-electron chi connectivity index (χ0n) is 13.5. The number of carbonyl (C=O) groups excluding carboxylic acids is 1. The summed E-state index contributed by atoms with van der Waals surface area (Å²) in [6.07, 6.45) is 2.56. The number of carbonyl (C=O) groups is 1. The predicted octanol–water partition coefficient (Wildman–Crippen LogP) is 4.34. The summed E-state index contributed by atoms with van der Waals surface area (Å²) in [7, 11) is 2.57. The van der Waals surface area contributed by atoms with E-state index in [0.717, 1.165) is 0 Å². The molecule has 0 saturated carbocycles. The third-order valence-electron chi connectivity index (χ3n) is 3.26. The fraction of sp³-hybridized carbons (Fsp3) is 0.167. The van der Waals surface area contributed by atoms with Crippen molar-refractivity contribution in [3.05, 3.63) is 59.4 Å². The van der Waals surface area contributed by atoms with Crippen LogP contribution in [0.25, 0.3) is 6.08 Å². The molecule has 2 aromatic carbocycles. The van der Waals surface area contributed by atoms with Crippen LogP contribution in [0.5, 0.6) is 17.2 Å². The normalized spacial score (nSPS) is 11.0. The number of rotatable bonds is 7. The van der Waals surface area contributed by atoms with E-state index in [1.807, 2.05) is 0 Å². The topological polar surface area (TPSA) is 44.8 Å². The Balaban J connectivity index is 2.33. The number of ketones is 1. The molecule has 0 N–H and O–H groups in total. The van der Waals surface area contributed by atoms with E-state index in [2.05, 4.69) is 4.74 Å². The van der Waals surface area contributed by atoms with Gasteiger partial charge in [-0.2, -0.15) is 8.78 Å². The molecule has 0 bridgehead atoms. The first-order valence-electron chi connectivity index (χ1n) is 7.14. The molecule has 25 heavy (non-hydrogen) atoms. The minimum atomic E-state index is -3.05. The number of halogens is 3. The molecule has 7 heteroatoms. The van der Waals surface area contributed by atoms with Gasteiger partial charge in [0.15, 0.2) is 17.3 Å². The lowest BCUT2D eigenvalue weighted by Gasteiger charge is -2.14. The summed E-state index contributed by atoms with van der Waals surface area (Å²) in [6.45, 7) is -3.05. The highest BCUT2D eigenvalue weighted by atomic mass is 19.3. The first-order chi connectivity index (χ1) is 12.0. The summed E-state index contributed by atoms with van der Waals surface area (Å²) in [5, 5.41) is 0. The third-order valence-corrected chi connectivity index (χ3v) is 3.26. The van der Waals surface area contributed by atoms with Crippen LogP contribution in [0.1, 0.15) is 15.9 Å². The van der Waals surface area contributed by atoms with Crippen molar-refractivity contribution < 1.29 is 32.2 Å². The highest BCUT2D eigenvalue weighted by Crippen LogP contribution is 2.39. The molecule has 0 unspecified atom stereocenters. The Labute approximate surface area is 142 Å². The molecule has 0 heterocycles. The quantitative estimate of drug-likeness (QED) is 0.549. The van der Waals surface area contributed by atoms with Gasteiger partial charge in [0.05, 0.1) is 19.8 Å². The van der Waals surface area contributed by atoms with Crippen LogP contribution in [0.3, 0.4) is 0 Å². The molecule has 0 saturated heterocycles. The molecule has 0 atom stereocenters. The van der Waals surface area contributed by atoms with Crippen LogP contribution in [0, 0.1) is 5.82 Å². The Hall–Kier alpha value is -2.96. The minimum Gasteiger partial charge on any atom is -0.493 e. The van der Waals surface area contributed by atoms with Crippen LogP contribution in [-0.2, 0) is 0 Å². The number of ether oxygens (including phenoxy) is 3. The maximum atomic E-state index is 13.6. The minimum absolute atomic E-state index is 0.0117. The lowest BCUT2D eigenvalue weighted by molar-refractivity contribution is -0.0526. The molecule has 0 fully saturated rings. The summed E-state index contributed by atoms with van der Waals surface area (Å²) in [6, 6.07) is 8.36. The summed E-state index contributed by atoms with van der Waals surface area (Å²) >= 11 is 0. The highest BCUT2D eigenvalue weighted by Gasteiger charge is 2.17. The second kappa shape index (κ2) is 8.23. The largest absolute Gasteiger partial charge is 0.493 e. The highest BCUT2D eigenvalue weighted by molar-refractivity contribution is 6.07. The average molecular weight is 352 g/mol. The molecule has 0 aliphatic rings. The Bertz CT molecular complexity index is 763. The Kier molecular flexibility index (Phi) is 6.05. The molecule has 0 amide bonds. The van der Waals surface area contributed by atoms with Gasteiger partial charge in [0, 0.05) is 0 Å². The number of allylic oxidation sites excluding steroid dienone is 1. The average Bonchev–Trinajstić information content (AvgIpc) is 2.60. The zero-order chi connectivity index (χ0) is 18.4. The van der Waals surface area contributed by atoms with E-state index in [-0.39, 0.29) is 22.8 Å². The summed E-state index contributed by atoms with van der Waals surface area (Å²) < 4.78 is 53.1. The number of hydrogen-bond acceptors (Lipinski definition) is 4. The van der Waals surface area contributed by atoms with Gasteiger partial charge in [-0.05, 0) is 35.9 Å². The monoisotopic (exact) mass is 352 g/mol. The second-order valence-corrected chi connectivity index (χ2v) is 4.81. The molecule has 0 aliphatic carbocycles. The first-order valence-corrected chi connectivity index (χ1v) is 7.14. The standard InChI is InChI=1S/C18H15F3O4/c1-23-15-9-11(10-16(24-2)17(15)25-18(20)21)7-8-14(22)12-5-3-4-6-13(12)19/h3-10,18H,1-2H3/b8-7+. The summed E-state index contributed by atoms with van der Waals surface area (Å²) in [5.41, 5.74) is 0.357. The van der Waals surface area contributed by atoms with Gasteiger partial charge in [-0.3, -0.25) is 4.79 Å². The molecule has 4 nitrogen and oxygen atoms in total. The Morgan fingerprint density at radius 1 is 1.08 bits per heavy atom. The predicted molar refractivity (Wildman–Crippen MR) is 85.9 cm³/mol. The molecule has 2 rings (SSSR count). The molecular weight excluding hydrogens is 337 g/mol. The van der Waals surface area contributed by atoms with Gasteiger partial charge in [-0.25, -0.2) is 4.39 Å². The van der Waals surface area contributed by atoms with E-state index < -0.39 is 18.2 Å². The van der Waals surface area contributed by atoms with Crippen molar-refractivity contribution in [1.29, 1.82) is 0 Å². The zero-order valence-corrected chi connectivity index (χ0v) is 13.5. The van der Waals surface area contributed by atoms with E-state index in [0.29, 0.717) is 5.56 Å². The van der Waals surface area contributed by atoms with E-state index in [9.17, 15) is 18.0 Å². The maximum absolute atomic E-state index is 13.6. The van der Waals surface area contributed by atoms with Crippen molar-refractivity contribution in [1.82, 2.24) is 0 Å². The van der Waals surface area contributed by atoms with Crippen LogP contribution >= 0.6 is 0 Å². The van der Waals surface area contributed by atoms with Crippen LogP contribution in [0.15, 0.2) is 42.5 Å². The van der Waals surface area contributed by atoms with E-state index >= 15 is 0 Å². The van der Waals surface area contributed by atoms with E-state index in [1.54, 1.807) is 6.07 Å². The smallest absolute Gasteiger partial charge is 0.387 e. The number of benzene rings is 2. The van der Waals surface area contributed by atoms with Crippen LogP contribution < -0.4 is 14.2 Å². The fourth-order valence-corrected chi connectivity index (χ4v) is 2.12. The first kappa shape index (κ1) is 18.4. The van der Waals surface area contributed by atoms with Gasteiger partial charge in [0.25, 0.3) is 0 Å². The maximum Gasteiger partial charge on any atom is 0.387 e. The van der Waals surface area contributed by atoms with Gasteiger partial charge >= 0.3 is 6.61 Å². The van der Waals surface area contributed by atoms with Gasteiger partial charge in [0.1, 0.15) is 5.82 Å². The molecule has 0 aliphatic heterocycles. The van der Waals surface area contributed by atoms with Gasteiger partial charge < -0.3 is 14.2 Å². The van der Waals surface area contributed by atoms with Crippen LogP contribution in [0.2, 0.25) is 0 Å². The number of alkyl halides is 2. The SMILES string of the molecule is COc1cc(/C=C/C(=O)c2ccccc2F)cc(OC)c1OC(F)F. The third kappa shape index (κ3) is 4.53. The van der Waals surface area contributed by atoms with E-state index in [4.69, 9.17) is 9.47 Å². The van der Waals surface area contributed by atoms with E-state index in [1.165, 1.54) is 56.7 Å². The lowest BCUT2D eigenvalue weighted by atomic mass is 10.1. The number of hydrogen-bond donors (Lipinski definition) is 0. The van der Waals surface area contributed by atoms with Crippen LogP contribution in [0.4, 0.5) is 13.2 Å². The second-order valence-electron chi connectivity index (χ2n) is 4.81. The lowest BCUT2D eigenvalue weighted by Crippen LogP contribution is -2.05. The summed E-state index contributed by atoms with van der Waals surface area (Å²) in [5.74, 6) is -1.40. The molecule has 0 aromatic heterocycles. The van der Waals surface area contributed by atoms with Gasteiger partial charge in [-0.15, -0.1) is 0 Å². The van der Waals surface area contributed by atoms with Crippen molar-refractivity contribution in [2.24, 2.45) is 0 Å². The molecule has 0 radical (unpaired) electrons. The van der Waals surface area contributed by atoms with Gasteiger partial charge in [0.2, 0.25) is 5.75 Å². The Morgan fingerprint density at radius 3 is 2.20 bits per heavy atom. The molecule has 132 valence electrons. The van der Waals surface area contributed by atoms with Crippen molar-refractivity contribution in [2.75, 3.05) is 14.2 Å².